The van der Waals surface area contributed by atoms with Crippen LogP contribution in [0.1, 0.15) is 49.0 Å². The molecule has 5 heteroatoms. The van der Waals surface area contributed by atoms with Crippen LogP contribution in [0.3, 0.4) is 0 Å². The number of aromatic carboxylic acids is 1. The van der Waals surface area contributed by atoms with Crippen LogP contribution in [-0.4, -0.2) is 22.8 Å². The highest BCUT2D eigenvalue weighted by molar-refractivity contribution is 6.07. The highest BCUT2D eigenvalue weighted by Crippen LogP contribution is 2.45. The first kappa shape index (κ1) is 20.8. The Balaban J connectivity index is 1.81. The van der Waals surface area contributed by atoms with Crippen LogP contribution in [0.4, 0.5) is 5.69 Å². The summed E-state index contributed by atoms with van der Waals surface area (Å²) >= 11 is 0. The third kappa shape index (κ3) is 4.22. The van der Waals surface area contributed by atoms with Crippen LogP contribution in [0, 0.1) is 11.3 Å². The Kier molecular flexibility index (Phi) is 5.36. The van der Waals surface area contributed by atoms with Gasteiger partial charge in [0.25, 0.3) is 0 Å². The molecule has 0 aromatic heterocycles. The number of Topliss-reactive ketones (excluding diaryl/α,β-unsaturated/α-hetero) is 1. The van der Waals surface area contributed by atoms with E-state index in [0.29, 0.717) is 29.8 Å². The SMILES string of the molecule is CC1(C)CC(=O)C2=C(C1)N(c1cccc(C(=O)O)c1)C(=O)CC2/C=C/c1ccccc1. The molecular formula is C26H25NO4. The minimum atomic E-state index is -1.05. The molecule has 0 bridgehead atoms. The van der Waals surface area contributed by atoms with E-state index in [9.17, 15) is 19.5 Å². The summed E-state index contributed by atoms with van der Waals surface area (Å²) in [5.41, 5.74) is 2.71. The molecular weight excluding hydrogens is 390 g/mol. The summed E-state index contributed by atoms with van der Waals surface area (Å²) < 4.78 is 0. The van der Waals surface area contributed by atoms with E-state index in [1.165, 1.54) is 12.1 Å². The lowest BCUT2D eigenvalue weighted by molar-refractivity contribution is -0.121. The van der Waals surface area contributed by atoms with E-state index >= 15 is 0 Å². The molecule has 5 nitrogen and oxygen atoms in total. The topological polar surface area (TPSA) is 74.7 Å². The number of amides is 1. The van der Waals surface area contributed by atoms with Crippen LogP contribution in [0.5, 0.6) is 0 Å². The molecule has 0 spiro atoms. The number of carbonyl (C=O) groups excluding carboxylic acids is 2. The van der Waals surface area contributed by atoms with Crippen LogP contribution in [0.25, 0.3) is 6.08 Å². The molecule has 4 rings (SSSR count). The van der Waals surface area contributed by atoms with Crippen molar-refractivity contribution in [3.63, 3.8) is 0 Å². The van der Waals surface area contributed by atoms with E-state index in [1.54, 1.807) is 17.0 Å². The first-order valence-electron chi connectivity index (χ1n) is 10.4. The molecule has 1 atom stereocenters. The predicted molar refractivity (Wildman–Crippen MR) is 120 cm³/mol. The van der Waals surface area contributed by atoms with E-state index in [1.807, 2.05) is 56.3 Å². The normalized spacial score (nSPS) is 20.8. The Hall–Kier alpha value is -3.47. The van der Waals surface area contributed by atoms with Crippen LogP contribution in [-0.2, 0) is 9.59 Å². The van der Waals surface area contributed by atoms with Gasteiger partial charge in [0.15, 0.2) is 5.78 Å². The van der Waals surface area contributed by atoms with Gasteiger partial charge < -0.3 is 5.11 Å². The molecule has 158 valence electrons. The number of ketones is 1. The summed E-state index contributed by atoms with van der Waals surface area (Å²) in [4.78, 5) is 39.5. The van der Waals surface area contributed by atoms with E-state index in [4.69, 9.17) is 0 Å². The van der Waals surface area contributed by atoms with Crippen molar-refractivity contribution in [2.75, 3.05) is 4.90 Å². The molecule has 2 aliphatic rings. The number of allylic oxidation sites excluding steroid dienone is 3. The second-order valence-electron chi connectivity index (χ2n) is 8.97. The van der Waals surface area contributed by atoms with Gasteiger partial charge in [0.2, 0.25) is 5.91 Å². The van der Waals surface area contributed by atoms with Crippen molar-refractivity contribution in [2.45, 2.75) is 33.1 Å². The Morgan fingerprint density at radius 1 is 1.06 bits per heavy atom. The van der Waals surface area contributed by atoms with Gasteiger partial charge in [-0.1, -0.05) is 62.4 Å². The number of hydrogen-bond donors (Lipinski definition) is 1. The van der Waals surface area contributed by atoms with E-state index in [0.717, 1.165) is 5.56 Å². The molecule has 0 saturated carbocycles. The zero-order chi connectivity index (χ0) is 22.2. The number of nitrogens with zero attached hydrogens (tertiary/aromatic N) is 1. The van der Waals surface area contributed by atoms with Gasteiger partial charge in [0, 0.05) is 35.7 Å². The van der Waals surface area contributed by atoms with E-state index in [-0.39, 0.29) is 35.0 Å². The average molecular weight is 415 g/mol. The van der Waals surface area contributed by atoms with Crippen molar-refractivity contribution >= 4 is 29.4 Å². The molecule has 0 fully saturated rings. The molecule has 1 aliphatic heterocycles. The summed E-state index contributed by atoms with van der Waals surface area (Å²) in [6.07, 6.45) is 5.08. The number of hydrogen-bond acceptors (Lipinski definition) is 3. The van der Waals surface area contributed by atoms with Crippen molar-refractivity contribution < 1.29 is 19.5 Å². The van der Waals surface area contributed by atoms with Crippen molar-refractivity contribution in [1.82, 2.24) is 0 Å². The first-order chi connectivity index (χ1) is 14.7. The highest BCUT2D eigenvalue weighted by atomic mass is 16.4. The van der Waals surface area contributed by atoms with E-state index in [2.05, 4.69) is 0 Å². The van der Waals surface area contributed by atoms with Gasteiger partial charge in [-0.3, -0.25) is 14.5 Å². The summed E-state index contributed by atoms with van der Waals surface area (Å²) in [5, 5.41) is 9.37. The molecule has 1 unspecified atom stereocenters. The maximum Gasteiger partial charge on any atom is 0.335 e. The lowest BCUT2D eigenvalue weighted by Crippen LogP contribution is -2.44. The molecule has 1 heterocycles. The zero-order valence-electron chi connectivity index (χ0n) is 17.7. The predicted octanol–water partition coefficient (Wildman–Crippen LogP) is 5.09. The fourth-order valence-electron chi connectivity index (χ4n) is 4.49. The third-order valence-corrected chi connectivity index (χ3v) is 5.85. The van der Waals surface area contributed by atoms with Gasteiger partial charge in [-0.25, -0.2) is 4.79 Å². The second kappa shape index (κ2) is 7.99. The van der Waals surface area contributed by atoms with Crippen LogP contribution < -0.4 is 4.90 Å². The number of rotatable bonds is 4. The molecule has 31 heavy (non-hydrogen) atoms. The molecule has 2 aromatic carbocycles. The number of carbonyl (C=O) groups is 3. The Morgan fingerprint density at radius 2 is 1.81 bits per heavy atom. The van der Waals surface area contributed by atoms with Crippen LogP contribution >= 0.6 is 0 Å². The molecule has 1 N–H and O–H groups in total. The number of carboxylic acid groups (broad SMARTS) is 1. The van der Waals surface area contributed by atoms with Crippen molar-refractivity contribution in [1.29, 1.82) is 0 Å². The number of carboxylic acids is 1. The quantitative estimate of drug-likeness (QED) is 0.754. The van der Waals surface area contributed by atoms with Gasteiger partial charge in [-0.15, -0.1) is 0 Å². The zero-order valence-corrected chi connectivity index (χ0v) is 17.7. The number of anilines is 1. The fourth-order valence-corrected chi connectivity index (χ4v) is 4.49. The molecule has 0 radical (unpaired) electrons. The smallest absolute Gasteiger partial charge is 0.335 e. The molecule has 1 aliphatic carbocycles. The van der Waals surface area contributed by atoms with Crippen LogP contribution in [0.2, 0.25) is 0 Å². The van der Waals surface area contributed by atoms with E-state index < -0.39 is 5.97 Å². The Bertz CT molecular complexity index is 1110. The standard InChI is InChI=1S/C26H25NO4/c1-26(2)15-21-24(22(28)16-26)18(12-11-17-7-4-3-5-8-17)14-23(29)27(21)20-10-6-9-19(13-20)25(30)31/h3-13,18H,14-16H2,1-2H3,(H,30,31)/b12-11+. The van der Waals surface area contributed by atoms with Gasteiger partial charge in [-0.2, -0.15) is 0 Å². The first-order valence-corrected chi connectivity index (χ1v) is 10.4. The van der Waals surface area contributed by atoms with Gasteiger partial charge >= 0.3 is 5.97 Å². The summed E-state index contributed by atoms with van der Waals surface area (Å²) in [6.45, 7) is 4.04. The molecule has 0 saturated heterocycles. The van der Waals surface area contributed by atoms with Crippen molar-refractivity contribution in [3.05, 3.63) is 83.1 Å². The monoisotopic (exact) mass is 415 g/mol. The van der Waals surface area contributed by atoms with Gasteiger partial charge in [0.1, 0.15) is 0 Å². The lowest BCUT2D eigenvalue weighted by atomic mass is 9.70. The lowest BCUT2D eigenvalue weighted by Gasteiger charge is -2.42. The Labute approximate surface area is 181 Å². The highest BCUT2D eigenvalue weighted by Gasteiger charge is 2.43. The molecule has 1 amide bonds. The minimum Gasteiger partial charge on any atom is -0.478 e. The molecule has 2 aromatic rings. The van der Waals surface area contributed by atoms with Crippen molar-refractivity contribution in [3.8, 4) is 0 Å². The second-order valence-corrected chi connectivity index (χ2v) is 8.97. The minimum absolute atomic E-state index is 0.0563. The fraction of sp³-hybridized carbons (Fsp3) is 0.269. The van der Waals surface area contributed by atoms with Gasteiger partial charge in [-0.05, 0) is 35.6 Å². The summed E-state index contributed by atoms with van der Waals surface area (Å²) in [5.74, 6) is -1.41. The number of benzene rings is 2. The Morgan fingerprint density at radius 3 is 2.52 bits per heavy atom. The summed E-state index contributed by atoms with van der Waals surface area (Å²) in [6, 6.07) is 16.1. The van der Waals surface area contributed by atoms with Crippen molar-refractivity contribution in [2.24, 2.45) is 11.3 Å². The third-order valence-electron chi connectivity index (χ3n) is 5.85. The maximum atomic E-state index is 13.3. The maximum absolute atomic E-state index is 13.3. The summed E-state index contributed by atoms with van der Waals surface area (Å²) in [7, 11) is 0. The largest absolute Gasteiger partial charge is 0.478 e. The average Bonchev–Trinajstić information content (AvgIpc) is 2.71. The van der Waals surface area contributed by atoms with Gasteiger partial charge in [0.05, 0.1) is 5.56 Å². The van der Waals surface area contributed by atoms with Crippen LogP contribution in [0.15, 0.2) is 71.9 Å².